The summed E-state index contributed by atoms with van der Waals surface area (Å²) in [7, 11) is 1.36. The minimum atomic E-state index is -0.388. The molecule has 0 fully saturated rings. The monoisotopic (exact) mass is 412 g/mol. The van der Waals surface area contributed by atoms with Crippen molar-refractivity contribution >= 4 is 34.4 Å². The molecule has 3 aromatic rings. The molecule has 5 rings (SSSR count). The molecule has 1 N–H and O–H groups in total. The third-order valence-corrected chi connectivity index (χ3v) is 5.64. The Hall–Kier alpha value is -3.19. The summed E-state index contributed by atoms with van der Waals surface area (Å²) < 4.78 is 15.5. The molecule has 0 radical (unpaired) electrons. The highest BCUT2D eigenvalue weighted by Gasteiger charge is 2.27. The van der Waals surface area contributed by atoms with Gasteiger partial charge in [0.05, 0.1) is 17.7 Å². The van der Waals surface area contributed by atoms with Gasteiger partial charge in [-0.1, -0.05) is 11.6 Å². The summed E-state index contributed by atoms with van der Waals surface area (Å²) in [4.78, 5) is 30.2. The number of nitrogens with zero attached hydrogens (tertiary/aromatic N) is 1. The number of hydrogen-bond acceptors (Lipinski definition) is 5. The molecule has 0 atom stereocenters. The Morgan fingerprint density at radius 2 is 2.03 bits per heavy atom. The number of H-pyrrole nitrogens is 1. The van der Waals surface area contributed by atoms with E-state index in [4.69, 9.17) is 25.8 Å². The van der Waals surface area contributed by atoms with Crippen LogP contribution in [0.4, 0.5) is 0 Å². The second-order valence-electron chi connectivity index (χ2n) is 7.00. The number of nitrogens with one attached hydrogen (secondary N) is 1. The zero-order valence-corrected chi connectivity index (χ0v) is 16.3. The van der Waals surface area contributed by atoms with E-state index in [9.17, 15) is 9.59 Å². The number of hydrogen-bond donors (Lipinski definition) is 1. The molecule has 0 unspecified atom stereocenters. The van der Waals surface area contributed by atoms with E-state index in [0.29, 0.717) is 47.2 Å². The van der Waals surface area contributed by atoms with Gasteiger partial charge in [0.1, 0.15) is 0 Å². The van der Waals surface area contributed by atoms with Crippen LogP contribution in [0.5, 0.6) is 11.5 Å². The molecule has 0 bridgehead atoms. The van der Waals surface area contributed by atoms with E-state index in [1.54, 1.807) is 23.1 Å². The fourth-order valence-corrected chi connectivity index (χ4v) is 4.17. The maximum Gasteiger partial charge on any atom is 0.337 e. The Morgan fingerprint density at radius 1 is 1.17 bits per heavy atom. The van der Waals surface area contributed by atoms with Crippen molar-refractivity contribution in [2.75, 3.05) is 20.4 Å². The van der Waals surface area contributed by atoms with Crippen molar-refractivity contribution in [2.45, 2.75) is 13.0 Å². The number of halogens is 1. The first-order valence-corrected chi connectivity index (χ1v) is 9.53. The van der Waals surface area contributed by atoms with Crippen molar-refractivity contribution in [1.29, 1.82) is 0 Å². The van der Waals surface area contributed by atoms with Crippen LogP contribution in [-0.4, -0.2) is 42.2 Å². The lowest BCUT2D eigenvalue weighted by molar-refractivity contribution is 0.0600. The molecule has 0 spiro atoms. The fourth-order valence-electron chi connectivity index (χ4n) is 3.91. The van der Waals surface area contributed by atoms with Gasteiger partial charge in [-0.15, -0.1) is 0 Å². The number of fused-ring (bicyclic) bond motifs is 4. The number of carbonyl (C=O) groups is 2. The Labute approximate surface area is 171 Å². The minimum absolute atomic E-state index is 0.0949. The first kappa shape index (κ1) is 17.9. The average Bonchev–Trinajstić information content (AvgIpc) is 3.36. The van der Waals surface area contributed by atoms with Crippen molar-refractivity contribution in [3.05, 3.63) is 57.7 Å². The molecule has 7 nitrogen and oxygen atoms in total. The summed E-state index contributed by atoms with van der Waals surface area (Å²) in [6.45, 7) is 1.11. The number of ether oxygens (including phenoxy) is 3. The highest BCUT2D eigenvalue weighted by Crippen LogP contribution is 2.40. The number of aromatic nitrogens is 1. The maximum atomic E-state index is 13.1. The third kappa shape index (κ3) is 2.89. The molecule has 2 aliphatic heterocycles. The van der Waals surface area contributed by atoms with Crippen molar-refractivity contribution in [2.24, 2.45) is 0 Å². The predicted octanol–water partition coefficient (Wildman–Crippen LogP) is 3.54. The second-order valence-corrected chi connectivity index (χ2v) is 7.41. The fraction of sp³-hybridized carbons (Fsp3) is 0.238. The third-order valence-electron chi connectivity index (χ3n) is 5.36. The van der Waals surface area contributed by atoms with Crippen molar-refractivity contribution in [1.82, 2.24) is 9.88 Å². The summed E-state index contributed by atoms with van der Waals surface area (Å²) >= 11 is 6.24. The minimum Gasteiger partial charge on any atom is -0.465 e. The van der Waals surface area contributed by atoms with Gasteiger partial charge in [-0.05, 0) is 30.3 Å². The van der Waals surface area contributed by atoms with Gasteiger partial charge >= 0.3 is 5.97 Å². The van der Waals surface area contributed by atoms with Crippen LogP contribution >= 0.6 is 11.6 Å². The van der Waals surface area contributed by atoms with E-state index in [1.165, 1.54) is 7.11 Å². The van der Waals surface area contributed by atoms with Gasteiger partial charge in [0.2, 0.25) is 6.79 Å². The van der Waals surface area contributed by atoms with Crippen LogP contribution in [-0.2, 0) is 17.7 Å². The number of methoxy groups -OCH3 is 1. The molecule has 8 heteroatoms. The summed E-state index contributed by atoms with van der Waals surface area (Å²) in [6, 6.07) is 8.67. The molecule has 2 aliphatic rings. The van der Waals surface area contributed by atoms with Crippen LogP contribution in [0.3, 0.4) is 0 Å². The molecule has 0 saturated heterocycles. The highest BCUT2D eigenvalue weighted by atomic mass is 35.5. The highest BCUT2D eigenvalue weighted by molar-refractivity contribution is 6.32. The van der Waals surface area contributed by atoms with Crippen LogP contribution in [0.15, 0.2) is 30.3 Å². The maximum absolute atomic E-state index is 13.1. The van der Waals surface area contributed by atoms with Gasteiger partial charge in [0.25, 0.3) is 5.91 Å². The van der Waals surface area contributed by atoms with E-state index in [1.807, 2.05) is 12.1 Å². The Balaban J connectivity index is 1.48. The molecular weight excluding hydrogens is 396 g/mol. The van der Waals surface area contributed by atoms with Crippen LogP contribution in [0.2, 0.25) is 5.02 Å². The summed E-state index contributed by atoms with van der Waals surface area (Å²) in [6.07, 6.45) is 0.696. The van der Waals surface area contributed by atoms with E-state index in [2.05, 4.69) is 4.98 Å². The lowest BCUT2D eigenvalue weighted by Gasteiger charge is -2.27. The van der Waals surface area contributed by atoms with Crippen molar-refractivity contribution in [3.8, 4) is 11.5 Å². The van der Waals surface area contributed by atoms with Gasteiger partial charge in [-0.2, -0.15) is 0 Å². The van der Waals surface area contributed by atoms with E-state index in [-0.39, 0.29) is 18.7 Å². The van der Waals surface area contributed by atoms with Crippen molar-refractivity contribution < 1.29 is 23.8 Å². The Morgan fingerprint density at radius 3 is 2.86 bits per heavy atom. The molecule has 2 aromatic carbocycles. The largest absolute Gasteiger partial charge is 0.465 e. The lowest BCUT2D eigenvalue weighted by Crippen LogP contribution is -2.35. The van der Waals surface area contributed by atoms with Crippen LogP contribution < -0.4 is 9.47 Å². The van der Waals surface area contributed by atoms with Crippen molar-refractivity contribution in [3.63, 3.8) is 0 Å². The molecular formula is C21H17ClN2O5. The molecule has 3 heterocycles. The summed E-state index contributed by atoms with van der Waals surface area (Å²) in [5.41, 5.74) is 3.96. The Kier molecular flexibility index (Phi) is 4.13. The van der Waals surface area contributed by atoms with Gasteiger partial charge in [-0.3, -0.25) is 4.79 Å². The smallest absolute Gasteiger partial charge is 0.337 e. The number of amides is 1. The van der Waals surface area contributed by atoms with Gasteiger partial charge in [0.15, 0.2) is 11.5 Å². The predicted molar refractivity (Wildman–Crippen MR) is 106 cm³/mol. The SMILES string of the molecule is COC(=O)c1ccc2[nH]c3c(c2c1)CN(C(=O)c1cc(Cl)c2c(c1)OCO2)CC3. The zero-order chi connectivity index (χ0) is 20.1. The molecule has 0 saturated carbocycles. The van der Waals surface area contributed by atoms with Gasteiger partial charge < -0.3 is 24.1 Å². The van der Waals surface area contributed by atoms with Crippen LogP contribution in [0, 0.1) is 0 Å². The number of aromatic amines is 1. The average molecular weight is 413 g/mol. The normalized spacial score (nSPS) is 14.8. The molecule has 29 heavy (non-hydrogen) atoms. The van der Waals surface area contributed by atoms with Gasteiger partial charge in [0, 0.05) is 47.2 Å². The molecule has 1 amide bonds. The quantitative estimate of drug-likeness (QED) is 0.651. The van der Waals surface area contributed by atoms with Crippen LogP contribution in [0.25, 0.3) is 10.9 Å². The van der Waals surface area contributed by atoms with Crippen LogP contribution in [0.1, 0.15) is 32.0 Å². The molecule has 1 aromatic heterocycles. The Bertz CT molecular complexity index is 1170. The standard InChI is InChI=1S/C21H17ClN2O5/c1-27-21(26)11-2-3-16-13(6-11)14-9-24(5-4-17(14)23-16)20(25)12-7-15(22)19-18(8-12)28-10-29-19/h2-3,6-8,23H,4-5,9-10H2,1H3. The summed E-state index contributed by atoms with van der Waals surface area (Å²) in [5.74, 6) is 0.430. The summed E-state index contributed by atoms with van der Waals surface area (Å²) in [5, 5.41) is 1.28. The second kappa shape index (κ2) is 6.70. The van der Waals surface area contributed by atoms with E-state index >= 15 is 0 Å². The topological polar surface area (TPSA) is 80.9 Å². The van der Waals surface area contributed by atoms with Gasteiger partial charge in [-0.25, -0.2) is 4.79 Å². The number of rotatable bonds is 2. The first-order valence-electron chi connectivity index (χ1n) is 9.15. The molecule has 0 aliphatic carbocycles. The number of benzene rings is 2. The number of carbonyl (C=O) groups excluding carboxylic acids is 2. The van der Waals surface area contributed by atoms with E-state index in [0.717, 1.165) is 22.2 Å². The first-order chi connectivity index (χ1) is 14.0. The lowest BCUT2D eigenvalue weighted by atomic mass is 10.0. The molecule has 148 valence electrons. The zero-order valence-electron chi connectivity index (χ0n) is 15.6. The number of esters is 1. The van der Waals surface area contributed by atoms with E-state index < -0.39 is 0 Å².